The number of rotatable bonds is 9. The number of carbonyl (C=O) groups is 2. The van der Waals surface area contributed by atoms with E-state index in [-0.39, 0.29) is 17.2 Å². The van der Waals surface area contributed by atoms with Crippen molar-refractivity contribution in [3.8, 4) is 11.3 Å². The fourth-order valence-electron chi connectivity index (χ4n) is 2.92. The highest BCUT2D eigenvalue weighted by molar-refractivity contribution is 7.98. The lowest BCUT2D eigenvalue weighted by molar-refractivity contribution is -0.117. The van der Waals surface area contributed by atoms with Crippen LogP contribution >= 0.6 is 35.0 Å². The van der Waals surface area contributed by atoms with Crippen LogP contribution in [0.25, 0.3) is 11.3 Å². The number of furan rings is 1. The molecule has 3 rings (SSSR count). The van der Waals surface area contributed by atoms with Gasteiger partial charge in [0.15, 0.2) is 0 Å². The molecule has 0 aliphatic rings. The van der Waals surface area contributed by atoms with Crippen LogP contribution in [-0.4, -0.2) is 35.0 Å². The van der Waals surface area contributed by atoms with Gasteiger partial charge in [0.2, 0.25) is 5.91 Å². The molecule has 1 unspecified atom stereocenters. The van der Waals surface area contributed by atoms with Gasteiger partial charge in [0.05, 0.1) is 28.9 Å². The molecule has 0 fully saturated rings. The number of hydrogen-bond donors (Lipinski definition) is 3. The van der Waals surface area contributed by atoms with E-state index in [2.05, 4.69) is 10.6 Å². The van der Waals surface area contributed by atoms with E-state index in [0.717, 1.165) is 0 Å². The first-order valence-corrected chi connectivity index (χ1v) is 11.4. The van der Waals surface area contributed by atoms with Gasteiger partial charge in [-0.15, -0.1) is 0 Å². The summed E-state index contributed by atoms with van der Waals surface area (Å²) in [6.45, 7) is 0.303. The molecule has 1 atom stereocenters. The molecule has 0 aliphatic carbocycles. The van der Waals surface area contributed by atoms with E-state index in [0.29, 0.717) is 39.4 Å². The van der Waals surface area contributed by atoms with Crippen LogP contribution in [0.15, 0.2) is 59.0 Å². The van der Waals surface area contributed by atoms with Gasteiger partial charge in [0.25, 0.3) is 0 Å². The highest BCUT2D eigenvalue weighted by atomic mass is 35.5. The molecule has 0 saturated heterocycles. The Morgan fingerprint density at radius 1 is 1.13 bits per heavy atom. The molecule has 1 amide bonds. The summed E-state index contributed by atoms with van der Waals surface area (Å²) in [5.41, 5.74) is 0.973. The number of anilines is 1. The van der Waals surface area contributed by atoms with Crippen molar-refractivity contribution >= 4 is 52.5 Å². The zero-order valence-corrected chi connectivity index (χ0v) is 18.9. The summed E-state index contributed by atoms with van der Waals surface area (Å²) in [5.74, 6) is 0.261. The maximum atomic E-state index is 12.8. The molecule has 0 saturated carbocycles. The first-order chi connectivity index (χ1) is 14.9. The number of aromatic carboxylic acids is 1. The summed E-state index contributed by atoms with van der Waals surface area (Å²) in [7, 11) is 0. The van der Waals surface area contributed by atoms with Gasteiger partial charge in [-0.05, 0) is 48.7 Å². The number of carbonyl (C=O) groups excluding carboxylic acids is 1. The van der Waals surface area contributed by atoms with Crippen molar-refractivity contribution in [1.29, 1.82) is 0 Å². The Kier molecular flexibility index (Phi) is 8.03. The number of carboxylic acid groups (broad SMARTS) is 1. The molecule has 3 N–H and O–H groups in total. The number of carboxylic acids is 1. The van der Waals surface area contributed by atoms with E-state index in [9.17, 15) is 14.7 Å². The average Bonchev–Trinajstić information content (AvgIpc) is 3.21. The van der Waals surface area contributed by atoms with E-state index in [1.165, 1.54) is 17.8 Å². The van der Waals surface area contributed by atoms with Crippen molar-refractivity contribution in [3.05, 3.63) is 76.0 Å². The Labute approximate surface area is 193 Å². The average molecular weight is 479 g/mol. The van der Waals surface area contributed by atoms with E-state index in [1.807, 2.05) is 6.26 Å². The lowest BCUT2D eigenvalue weighted by Gasteiger charge is -2.17. The van der Waals surface area contributed by atoms with Gasteiger partial charge in [-0.2, -0.15) is 11.8 Å². The topological polar surface area (TPSA) is 91.6 Å². The summed E-state index contributed by atoms with van der Waals surface area (Å²) in [6, 6.07) is 14.5. The third-order valence-electron chi connectivity index (χ3n) is 4.44. The number of thioether (sulfide) groups is 1. The molecule has 0 spiro atoms. The van der Waals surface area contributed by atoms with Crippen molar-refractivity contribution in [1.82, 2.24) is 5.32 Å². The molecule has 1 aromatic heterocycles. The van der Waals surface area contributed by atoms with Crippen LogP contribution in [-0.2, 0) is 11.3 Å². The van der Waals surface area contributed by atoms with Crippen LogP contribution in [0.5, 0.6) is 0 Å². The second-order valence-corrected chi connectivity index (χ2v) is 8.37. The second-order valence-electron chi connectivity index (χ2n) is 6.62. The molecule has 9 heteroatoms. The summed E-state index contributed by atoms with van der Waals surface area (Å²) in [6.07, 6.45) is 1.89. The molecule has 0 bridgehead atoms. The molecule has 2 aromatic carbocycles. The zero-order chi connectivity index (χ0) is 22.4. The van der Waals surface area contributed by atoms with E-state index in [4.69, 9.17) is 27.6 Å². The monoisotopic (exact) mass is 478 g/mol. The van der Waals surface area contributed by atoms with Crippen molar-refractivity contribution < 1.29 is 19.1 Å². The molecule has 3 aromatic rings. The standard InChI is InChI=1S/C22H20Cl2N2O4S/c1-31-12-19(21(27)26-18-5-3-2-4-15(18)22(28)29)25-11-14-7-9-20(30-14)16-10-13(23)6-8-17(16)24/h2-10,19,25H,11-12H2,1H3,(H,26,27)(H,28,29). The molecule has 6 nitrogen and oxygen atoms in total. The Morgan fingerprint density at radius 2 is 1.90 bits per heavy atom. The first kappa shape index (κ1) is 23.2. The third kappa shape index (κ3) is 6.04. The van der Waals surface area contributed by atoms with Gasteiger partial charge in [-0.25, -0.2) is 4.79 Å². The largest absolute Gasteiger partial charge is 0.478 e. The number of para-hydroxylation sites is 1. The quantitative estimate of drug-likeness (QED) is 0.380. The van der Waals surface area contributed by atoms with E-state index in [1.54, 1.807) is 48.5 Å². The van der Waals surface area contributed by atoms with Gasteiger partial charge >= 0.3 is 5.97 Å². The lowest BCUT2D eigenvalue weighted by Crippen LogP contribution is -2.42. The highest BCUT2D eigenvalue weighted by Gasteiger charge is 2.20. The van der Waals surface area contributed by atoms with Crippen molar-refractivity contribution in [2.45, 2.75) is 12.6 Å². The molecule has 0 aliphatic heterocycles. The van der Waals surface area contributed by atoms with E-state index < -0.39 is 12.0 Å². The lowest BCUT2D eigenvalue weighted by atomic mass is 10.1. The summed E-state index contributed by atoms with van der Waals surface area (Å²) in [5, 5.41) is 16.2. The third-order valence-corrected chi connectivity index (χ3v) is 5.67. The molecular weight excluding hydrogens is 459 g/mol. The van der Waals surface area contributed by atoms with Gasteiger partial charge in [0, 0.05) is 16.3 Å². The number of benzene rings is 2. The van der Waals surface area contributed by atoms with Gasteiger partial charge in [-0.1, -0.05) is 35.3 Å². The maximum Gasteiger partial charge on any atom is 0.337 e. The number of halogens is 2. The van der Waals surface area contributed by atoms with Gasteiger partial charge in [-0.3, -0.25) is 10.1 Å². The minimum atomic E-state index is -1.10. The Hall–Kier alpha value is -2.45. The van der Waals surface area contributed by atoms with Crippen LogP contribution in [0.1, 0.15) is 16.1 Å². The number of amides is 1. The summed E-state index contributed by atoms with van der Waals surface area (Å²) in [4.78, 5) is 24.1. The normalized spacial score (nSPS) is 11.8. The first-order valence-electron chi connectivity index (χ1n) is 9.28. The van der Waals surface area contributed by atoms with Gasteiger partial charge < -0.3 is 14.8 Å². The second kappa shape index (κ2) is 10.7. The van der Waals surface area contributed by atoms with Crippen molar-refractivity contribution in [2.75, 3.05) is 17.3 Å². The smallest absolute Gasteiger partial charge is 0.337 e. The molecule has 31 heavy (non-hydrogen) atoms. The molecular formula is C22H20Cl2N2O4S. The minimum absolute atomic E-state index is 0.0350. The predicted molar refractivity (Wildman–Crippen MR) is 125 cm³/mol. The molecule has 1 heterocycles. The predicted octanol–water partition coefficient (Wildman–Crippen LogP) is 5.41. The summed E-state index contributed by atoms with van der Waals surface area (Å²) < 4.78 is 5.86. The Morgan fingerprint density at radius 3 is 2.65 bits per heavy atom. The number of nitrogens with one attached hydrogen (secondary N) is 2. The Bertz CT molecular complexity index is 1090. The van der Waals surface area contributed by atoms with Crippen LogP contribution in [0.2, 0.25) is 10.0 Å². The van der Waals surface area contributed by atoms with Crippen molar-refractivity contribution in [3.63, 3.8) is 0 Å². The minimum Gasteiger partial charge on any atom is -0.478 e. The van der Waals surface area contributed by atoms with E-state index >= 15 is 0 Å². The fraction of sp³-hybridized carbons (Fsp3) is 0.182. The van der Waals surface area contributed by atoms with Crippen LogP contribution in [0.4, 0.5) is 5.69 Å². The maximum absolute atomic E-state index is 12.8. The molecule has 162 valence electrons. The van der Waals surface area contributed by atoms with Crippen LogP contribution in [0.3, 0.4) is 0 Å². The highest BCUT2D eigenvalue weighted by Crippen LogP contribution is 2.31. The van der Waals surface area contributed by atoms with Crippen LogP contribution in [0, 0.1) is 0 Å². The molecule has 0 radical (unpaired) electrons. The van der Waals surface area contributed by atoms with Crippen molar-refractivity contribution in [2.24, 2.45) is 0 Å². The fourth-order valence-corrected chi connectivity index (χ4v) is 3.91. The number of hydrogen-bond acceptors (Lipinski definition) is 5. The summed E-state index contributed by atoms with van der Waals surface area (Å²) >= 11 is 13.8. The van der Waals surface area contributed by atoms with Gasteiger partial charge in [0.1, 0.15) is 11.5 Å². The van der Waals surface area contributed by atoms with Crippen LogP contribution < -0.4 is 10.6 Å². The SMILES string of the molecule is CSCC(NCc1ccc(-c2cc(Cl)ccc2Cl)o1)C(=O)Nc1ccccc1C(=O)O. The zero-order valence-electron chi connectivity index (χ0n) is 16.5. The Balaban J connectivity index is 1.69.